The normalized spacial score (nSPS) is 19.7. The van der Waals surface area contributed by atoms with Crippen LogP contribution in [0.3, 0.4) is 0 Å². The van der Waals surface area contributed by atoms with Gasteiger partial charge in [-0.1, -0.05) is 12.2 Å². The fourth-order valence-electron chi connectivity index (χ4n) is 2.04. The molecule has 0 aromatic heterocycles. The van der Waals surface area contributed by atoms with Crippen LogP contribution in [0.2, 0.25) is 0 Å². The molecule has 6 heteroatoms. The van der Waals surface area contributed by atoms with E-state index in [1.54, 1.807) is 0 Å². The molecule has 1 amide bonds. The molecule has 1 fully saturated rings. The third-order valence-corrected chi connectivity index (χ3v) is 3.65. The van der Waals surface area contributed by atoms with Crippen LogP contribution in [0.15, 0.2) is 0 Å². The molecule has 5 nitrogen and oxygen atoms in total. The van der Waals surface area contributed by atoms with Crippen molar-refractivity contribution < 1.29 is 9.53 Å². The molecule has 2 unspecified atom stereocenters. The SMILES string of the molecule is CC(CC(N)=S)N(C)C(C)C(=O)N1CCOCC1. The van der Waals surface area contributed by atoms with Crippen molar-refractivity contribution in [2.75, 3.05) is 33.4 Å². The molecule has 2 N–H and O–H groups in total. The molecule has 0 aromatic rings. The van der Waals surface area contributed by atoms with Crippen LogP contribution in [0, 0.1) is 0 Å². The Morgan fingerprint density at radius 1 is 1.44 bits per heavy atom. The van der Waals surface area contributed by atoms with E-state index in [0.717, 1.165) is 0 Å². The number of carbonyl (C=O) groups excluding carboxylic acids is 1. The summed E-state index contributed by atoms with van der Waals surface area (Å²) in [6.07, 6.45) is 0.632. The first-order valence-electron chi connectivity index (χ1n) is 6.30. The van der Waals surface area contributed by atoms with E-state index in [1.165, 1.54) is 0 Å². The Bertz CT molecular complexity index is 306. The van der Waals surface area contributed by atoms with Crippen molar-refractivity contribution >= 4 is 23.1 Å². The average Bonchev–Trinajstić information content (AvgIpc) is 2.36. The minimum Gasteiger partial charge on any atom is -0.393 e. The van der Waals surface area contributed by atoms with Crippen molar-refractivity contribution in [2.24, 2.45) is 5.73 Å². The van der Waals surface area contributed by atoms with Gasteiger partial charge in [0.2, 0.25) is 5.91 Å². The van der Waals surface area contributed by atoms with Crippen molar-refractivity contribution in [3.8, 4) is 0 Å². The summed E-state index contributed by atoms with van der Waals surface area (Å²) < 4.78 is 5.25. The molecule has 1 saturated heterocycles. The van der Waals surface area contributed by atoms with Crippen LogP contribution in [0.25, 0.3) is 0 Å². The maximum Gasteiger partial charge on any atom is 0.239 e. The van der Waals surface area contributed by atoms with Gasteiger partial charge in [-0.05, 0) is 20.9 Å². The lowest BCUT2D eigenvalue weighted by Crippen LogP contribution is -2.51. The molecule has 2 atom stereocenters. The van der Waals surface area contributed by atoms with E-state index in [-0.39, 0.29) is 18.0 Å². The molecule has 18 heavy (non-hydrogen) atoms. The number of thiocarbonyl (C=S) groups is 1. The molecule has 1 rings (SSSR count). The van der Waals surface area contributed by atoms with Crippen molar-refractivity contribution in [3.05, 3.63) is 0 Å². The summed E-state index contributed by atoms with van der Waals surface area (Å²) >= 11 is 4.91. The van der Waals surface area contributed by atoms with E-state index < -0.39 is 0 Å². The quantitative estimate of drug-likeness (QED) is 0.727. The van der Waals surface area contributed by atoms with Gasteiger partial charge in [0.25, 0.3) is 0 Å². The Morgan fingerprint density at radius 2 is 2.00 bits per heavy atom. The minimum absolute atomic E-state index is 0.149. The van der Waals surface area contributed by atoms with Crippen LogP contribution in [-0.4, -0.2) is 66.1 Å². The first-order chi connectivity index (χ1) is 8.43. The van der Waals surface area contributed by atoms with Crippen molar-refractivity contribution in [1.82, 2.24) is 9.80 Å². The average molecular weight is 273 g/mol. The summed E-state index contributed by atoms with van der Waals surface area (Å²) in [6.45, 7) is 6.58. The molecule has 1 heterocycles. The number of morpholine rings is 1. The summed E-state index contributed by atoms with van der Waals surface area (Å²) in [4.78, 5) is 16.7. The number of carbonyl (C=O) groups is 1. The highest BCUT2D eigenvalue weighted by molar-refractivity contribution is 7.80. The van der Waals surface area contributed by atoms with Crippen molar-refractivity contribution in [3.63, 3.8) is 0 Å². The number of ether oxygens (including phenoxy) is 1. The molecule has 0 radical (unpaired) electrons. The van der Waals surface area contributed by atoms with Gasteiger partial charge in [0.15, 0.2) is 0 Å². The summed E-state index contributed by atoms with van der Waals surface area (Å²) in [6, 6.07) is 0.00920. The molecule has 0 spiro atoms. The predicted octanol–water partition coefficient (Wildman–Crippen LogP) is 0.230. The Kier molecular flexibility index (Phi) is 5.98. The van der Waals surface area contributed by atoms with Crippen LogP contribution < -0.4 is 5.73 Å². The first-order valence-corrected chi connectivity index (χ1v) is 6.71. The van der Waals surface area contributed by atoms with Gasteiger partial charge in [0.1, 0.15) is 0 Å². The topological polar surface area (TPSA) is 58.8 Å². The van der Waals surface area contributed by atoms with E-state index in [1.807, 2.05) is 30.7 Å². The summed E-state index contributed by atoms with van der Waals surface area (Å²) in [5.41, 5.74) is 5.54. The van der Waals surface area contributed by atoms with Crippen molar-refractivity contribution in [1.29, 1.82) is 0 Å². The molecular formula is C12H23N3O2S. The second-order valence-electron chi connectivity index (χ2n) is 4.80. The Balaban J connectivity index is 2.53. The van der Waals surface area contributed by atoms with Crippen molar-refractivity contribution in [2.45, 2.75) is 32.4 Å². The Morgan fingerprint density at radius 3 is 2.50 bits per heavy atom. The smallest absolute Gasteiger partial charge is 0.239 e. The van der Waals surface area contributed by atoms with Gasteiger partial charge in [-0.25, -0.2) is 0 Å². The van der Waals surface area contributed by atoms with E-state index in [2.05, 4.69) is 0 Å². The highest BCUT2D eigenvalue weighted by atomic mass is 32.1. The summed E-state index contributed by atoms with van der Waals surface area (Å²) in [7, 11) is 1.94. The van der Waals surface area contributed by atoms with Crippen LogP contribution in [-0.2, 0) is 9.53 Å². The monoisotopic (exact) mass is 273 g/mol. The number of nitrogens with zero attached hydrogens (tertiary/aromatic N) is 2. The fourth-order valence-corrected chi connectivity index (χ4v) is 2.28. The Hall–Kier alpha value is -0.720. The van der Waals surface area contributed by atoms with E-state index in [9.17, 15) is 4.79 Å². The van der Waals surface area contributed by atoms with Gasteiger partial charge in [-0.15, -0.1) is 0 Å². The number of nitrogens with two attached hydrogens (primary N) is 1. The molecule has 0 aromatic carbocycles. The predicted molar refractivity (Wildman–Crippen MR) is 75.5 cm³/mol. The number of rotatable bonds is 5. The third-order valence-electron chi connectivity index (χ3n) is 3.48. The van der Waals surface area contributed by atoms with Gasteiger partial charge >= 0.3 is 0 Å². The van der Waals surface area contributed by atoms with Gasteiger partial charge in [0, 0.05) is 25.6 Å². The summed E-state index contributed by atoms with van der Waals surface area (Å²) in [5.74, 6) is 0.149. The lowest BCUT2D eigenvalue weighted by molar-refractivity contribution is -0.140. The van der Waals surface area contributed by atoms with Gasteiger partial charge < -0.3 is 15.4 Å². The van der Waals surface area contributed by atoms with Gasteiger partial charge in [0.05, 0.1) is 24.2 Å². The molecule has 0 aliphatic carbocycles. The largest absolute Gasteiger partial charge is 0.393 e. The van der Waals surface area contributed by atoms with Crippen LogP contribution in [0.4, 0.5) is 0 Å². The zero-order valence-corrected chi connectivity index (χ0v) is 12.2. The van der Waals surface area contributed by atoms with E-state index in [4.69, 9.17) is 22.7 Å². The highest BCUT2D eigenvalue weighted by Gasteiger charge is 2.27. The molecule has 1 aliphatic rings. The fraction of sp³-hybridized carbons (Fsp3) is 0.833. The Labute approximate surface area is 114 Å². The van der Waals surface area contributed by atoms with Crippen LogP contribution in [0.1, 0.15) is 20.3 Å². The summed E-state index contributed by atoms with van der Waals surface area (Å²) in [5, 5.41) is 0. The zero-order valence-electron chi connectivity index (χ0n) is 11.4. The number of hydrogen-bond donors (Lipinski definition) is 1. The molecule has 1 aliphatic heterocycles. The first kappa shape index (κ1) is 15.3. The van der Waals surface area contributed by atoms with Crippen LogP contribution in [0.5, 0.6) is 0 Å². The molecule has 104 valence electrons. The second kappa shape index (κ2) is 7.01. The maximum absolute atomic E-state index is 12.3. The minimum atomic E-state index is -0.160. The lowest BCUT2D eigenvalue weighted by atomic mass is 10.1. The molecule has 0 bridgehead atoms. The molecular weight excluding hydrogens is 250 g/mol. The molecule has 0 saturated carbocycles. The highest BCUT2D eigenvalue weighted by Crippen LogP contribution is 2.10. The van der Waals surface area contributed by atoms with Gasteiger partial charge in [-0.2, -0.15) is 0 Å². The second-order valence-corrected chi connectivity index (χ2v) is 5.32. The number of amides is 1. The van der Waals surface area contributed by atoms with Crippen LogP contribution >= 0.6 is 12.2 Å². The van der Waals surface area contributed by atoms with E-state index in [0.29, 0.717) is 37.7 Å². The standard InChI is InChI=1S/C12H23N3O2S/c1-9(8-11(13)18)14(3)10(2)12(16)15-4-6-17-7-5-15/h9-10H,4-8H2,1-3H3,(H2,13,18). The number of hydrogen-bond acceptors (Lipinski definition) is 4. The third kappa shape index (κ3) is 4.19. The lowest BCUT2D eigenvalue weighted by Gasteiger charge is -2.35. The van der Waals surface area contributed by atoms with Gasteiger partial charge in [-0.3, -0.25) is 9.69 Å². The maximum atomic E-state index is 12.3. The van der Waals surface area contributed by atoms with E-state index >= 15 is 0 Å². The number of likely N-dealkylation sites (N-methyl/N-ethyl adjacent to an activating group) is 1. The zero-order chi connectivity index (χ0) is 13.7.